The van der Waals surface area contributed by atoms with Gasteiger partial charge in [-0.1, -0.05) is 75.4 Å². The first kappa shape index (κ1) is 36.7. The van der Waals surface area contributed by atoms with E-state index < -0.39 is 43.1 Å². The number of thiol groups is 1. The van der Waals surface area contributed by atoms with Crippen LogP contribution in [0.4, 0.5) is 0 Å². The number of nitrogens with zero attached hydrogens (tertiary/aromatic N) is 1. The van der Waals surface area contributed by atoms with Crippen LogP contribution in [-0.4, -0.2) is 56.7 Å². The van der Waals surface area contributed by atoms with Gasteiger partial charge < -0.3 is 23.4 Å². The van der Waals surface area contributed by atoms with E-state index >= 15 is 0 Å². The Balaban J connectivity index is 1.65. The molecule has 1 aliphatic heterocycles. The second kappa shape index (κ2) is 14.3. The minimum Gasteiger partial charge on any atom is -0.497 e. The number of aryl methyl sites for hydroxylation is 1. The van der Waals surface area contributed by atoms with Crippen LogP contribution in [-0.2, 0) is 25.2 Å². The van der Waals surface area contributed by atoms with Crippen LogP contribution in [0.1, 0.15) is 49.4 Å². The fourth-order valence-electron chi connectivity index (χ4n) is 6.15. The van der Waals surface area contributed by atoms with Crippen molar-refractivity contribution >= 4 is 20.9 Å². The van der Waals surface area contributed by atoms with Gasteiger partial charge in [0.2, 0.25) is 0 Å². The van der Waals surface area contributed by atoms with Gasteiger partial charge in [0.15, 0.2) is 14.0 Å². The van der Waals surface area contributed by atoms with Crippen LogP contribution in [0.3, 0.4) is 0 Å². The molecule has 3 aromatic carbocycles. The third-order valence-corrected chi connectivity index (χ3v) is 15.0. The highest BCUT2D eigenvalue weighted by molar-refractivity contribution is 7.80. The Morgan fingerprint density at radius 3 is 1.92 bits per heavy atom. The molecular formula is C38H48N2O7SSi. The van der Waals surface area contributed by atoms with Crippen LogP contribution < -0.4 is 20.7 Å². The number of aromatic amines is 1. The van der Waals surface area contributed by atoms with E-state index in [-0.39, 0.29) is 17.4 Å². The van der Waals surface area contributed by atoms with E-state index in [0.29, 0.717) is 12.0 Å². The maximum Gasteiger partial charge on any atom is 0.330 e. The molecule has 9 nitrogen and oxygen atoms in total. The summed E-state index contributed by atoms with van der Waals surface area (Å²) in [7, 11) is 0.940. The lowest BCUT2D eigenvalue weighted by Crippen LogP contribution is -2.47. The Bertz CT molecular complexity index is 1790. The number of rotatable bonds is 12. The third-order valence-electron chi connectivity index (χ3n) is 10.0. The third kappa shape index (κ3) is 7.18. The second-order valence-corrected chi connectivity index (χ2v) is 19.2. The van der Waals surface area contributed by atoms with Crippen molar-refractivity contribution in [2.24, 2.45) is 0 Å². The van der Waals surface area contributed by atoms with Gasteiger partial charge in [0.1, 0.15) is 23.2 Å². The van der Waals surface area contributed by atoms with Crippen molar-refractivity contribution in [3.8, 4) is 11.5 Å². The molecule has 1 N–H and O–H groups in total. The van der Waals surface area contributed by atoms with Crippen molar-refractivity contribution in [2.75, 3.05) is 26.6 Å². The predicted molar refractivity (Wildman–Crippen MR) is 198 cm³/mol. The first-order chi connectivity index (χ1) is 23.2. The second-order valence-electron chi connectivity index (χ2n) is 14.1. The summed E-state index contributed by atoms with van der Waals surface area (Å²) in [5.41, 5.74) is -0.184. The van der Waals surface area contributed by atoms with Gasteiger partial charge in [0.25, 0.3) is 5.56 Å². The summed E-state index contributed by atoms with van der Waals surface area (Å²) in [6, 6.07) is 25.8. The van der Waals surface area contributed by atoms with Crippen molar-refractivity contribution in [1.82, 2.24) is 9.55 Å². The van der Waals surface area contributed by atoms with E-state index in [4.69, 9.17) is 36.0 Å². The Labute approximate surface area is 295 Å². The summed E-state index contributed by atoms with van der Waals surface area (Å²) in [5, 5.41) is -0.0873. The van der Waals surface area contributed by atoms with Crippen molar-refractivity contribution < 1.29 is 23.4 Å². The highest BCUT2D eigenvalue weighted by atomic mass is 32.1. The van der Waals surface area contributed by atoms with Crippen molar-refractivity contribution in [2.45, 2.75) is 75.8 Å². The first-order valence-electron chi connectivity index (χ1n) is 16.5. The summed E-state index contributed by atoms with van der Waals surface area (Å²) in [5.74, 6) is 1.62. The molecule has 1 fully saturated rings. The van der Waals surface area contributed by atoms with Crippen LogP contribution in [0.2, 0.25) is 18.1 Å². The lowest BCUT2D eigenvalue weighted by molar-refractivity contribution is -0.130. The zero-order valence-corrected chi connectivity index (χ0v) is 31.5. The molecule has 0 radical (unpaired) electrons. The average Bonchev–Trinajstić information content (AvgIpc) is 3.44. The molecule has 0 aliphatic carbocycles. The Hall–Kier alpha value is -3.61. The van der Waals surface area contributed by atoms with Crippen LogP contribution in [0.15, 0.2) is 94.6 Å². The molecule has 1 saturated heterocycles. The summed E-state index contributed by atoms with van der Waals surface area (Å²) >= 11 is 4.72. The molecule has 4 aromatic rings. The molecule has 5 rings (SSSR count). The molecule has 0 saturated carbocycles. The zero-order valence-electron chi connectivity index (χ0n) is 29.6. The van der Waals surface area contributed by atoms with Gasteiger partial charge >= 0.3 is 5.69 Å². The lowest BCUT2D eigenvalue weighted by atomic mass is 9.80. The fraction of sp³-hybridized carbons (Fsp3) is 0.421. The normalized spacial score (nSPS) is 19.9. The topological polar surface area (TPSA) is 101 Å². The van der Waals surface area contributed by atoms with Gasteiger partial charge in [0.05, 0.1) is 26.9 Å². The quantitative estimate of drug-likeness (QED) is 0.0970. The molecule has 3 atom stereocenters. The van der Waals surface area contributed by atoms with Crippen LogP contribution in [0.5, 0.6) is 11.5 Å². The number of hydrogen-bond acceptors (Lipinski definition) is 8. The number of hydrogen-bond donors (Lipinski definition) is 2. The van der Waals surface area contributed by atoms with E-state index in [9.17, 15) is 9.59 Å². The maximum atomic E-state index is 13.3. The van der Waals surface area contributed by atoms with Crippen molar-refractivity contribution in [1.29, 1.82) is 0 Å². The number of aromatic nitrogens is 2. The number of nitrogens with one attached hydrogen (secondary N) is 1. The molecule has 1 aromatic heterocycles. The molecule has 262 valence electrons. The molecule has 2 heterocycles. The van der Waals surface area contributed by atoms with Gasteiger partial charge in [-0.2, -0.15) is 12.6 Å². The molecule has 0 spiro atoms. The first-order valence-corrected chi connectivity index (χ1v) is 20.0. The monoisotopic (exact) mass is 704 g/mol. The Kier molecular flexibility index (Phi) is 10.7. The number of ether oxygens (including phenoxy) is 4. The fourth-order valence-corrected chi connectivity index (χ4v) is 7.85. The van der Waals surface area contributed by atoms with E-state index in [1.807, 2.05) is 78.9 Å². The Morgan fingerprint density at radius 2 is 1.43 bits per heavy atom. The highest BCUT2D eigenvalue weighted by Crippen LogP contribution is 2.46. The average molecular weight is 705 g/mol. The van der Waals surface area contributed by atoms with Gasteiger partial charge in [-0.25, -0.2) is 4.79 Å². The molecule has 11 heteroatoms. The standard InChI is InChI=1S/C38H48N2O7SSi/c1-26-23-40(35(42)39-34(26)41)37(25-48)22-32(47-49(7,8)36(2,3)4)33(46-37)24-45-38(27-12-10-9-11-13-27,28-14-18-30(43-5)19-15-28)29-16-20-31(44-6)21-17-29/h9-21,23,32-33,48H,22,24-25H2,1-8H3,(H,39,41,42)/t32?,33-,37+/m1/s1. The largest absolute Gasteiger partial charge is 0.497 e. The number of methoxy groups -OCH3 is 2. The Morgan fingerprint density at radius 1 is 0.898 bits per heavy atom. The molecule has 1 aliphatic rings. The van der Waals surface area contributed by atoms with E-state index in [1.165, 1.54) is 4.57 Å². The number of H-pyrrole nitrogens is 1. The van der Waals surface area contributed by atoms with Crippen LogP contribution >= 0.6 is 12.6 Å². The predicted octanol–water partition coefficient (Wildman–Crippen LogP) is 6.63. The van der Waals surface area contributed by atoms with Gasteiger partial charge in [-0.15, -0.1) is 0 Å². The van der Waals surface area contributed by atoms with E-state index in [0.717, 1.165) is 28.2 Å². The van der Waals surface area contributed by atoms with Gasteiger partial charge in [0, 0.05) is 23.9 Å². The smallest absolute Gasteiger partial charge is 0.330 e. The van der Waals surface area contributed by atoms with Crippen LogP contribution in [0, 0.1) is 6.92 Å². The summed E-state index contributed by atoms with van der Waals surface area (Å²) in [4.78, 5) is 28.1. The minimum atomic E-state index is -2.34. The van der Waals surface area contributed by atoms with Gasteiger partial charge in [-0.3, -0.25) is 14.3 Å². The lowest BCUT2D eigenvalue weighted by Gasteiger charge is -2.40. The van der Waals surface area contributed by atoms with Crippen molar-refractivity contribution in [3.05, 3.63) is 128 Å². The molecular weight excluding hydrogens is 657 g/mol. The minimum absolute atomic E-state index is 0.0873. The molecule has 1 unspecified atom stereocenters. The number of benzene rings is 3. The van der Waals surface area contributed by atoms with E-state index in [2.05, 4.69) is 38.8 Å². The van der Waals surface area contributed by atoms with Crippen LogP contribution in [0.25, 0.3) is 0 Å². The molecule has 0 amide bonds. The van der Waals surface area contributed by atoms with E-state index in [1.54, 1.807) is 27.3 Å². The molecule has 0 bridgehead atoms. The summed E-state index contributed by atoms with van der Waals surface area (Å²) in [6.07, 6.45) is 0.853. The van der Waals surface area contributed by atoms with Gasteiger partial charge in [-0.05, 0) is 66.0 Å². The maximum absolute atomic E-state index is 13.3. The van der Waals surface area contributed by atoms with Crippen molar-refractivity contribution in [3.63, 3.8) is 0 Å². The summed E-state index contributed by atoms with van der Waals surface area (Å²) in [6.45, 7) is 12.7. The summed E-state index contributed by atoms with van der Waals surface area (Å²) < 4.78 is 33.7. The highest BCUT2D eigenvalue weighted by Gasteiger charge is 2.52. The zero-order chi connectivity index (χ0) is 35.6. The SMILES string of the molecule is COc1ccc(C(OC[C@H]2O[C@@](CS)(n3cc(C)c(=O)[nH]c3=O)CC2O[Si](C)(C)C(C)(C)C)(c2ccccc2)c2ccc(OC)cc2)cc1. The molecule has 49 heavy (non-hydrogen) atoms.